The molecule has 0 aliphatic rings. The molecule has 1 amide bonds. The molecule has 3 rings (SSSR count). The van der Waals surface area contributed by atoms with Crippen molar-refractivity contribution in [2.75, 3.05) is 53.4 Å². The van der Waals surface area contributed by atoms with Gasteiger partial charge in [0.25, 0.3) is 5.91 Å². The van der Waals surface area contributed by atoms with Gasteiger partial charge in [-0.25, -0.2) is 4.98 Å². The van der Waals surface area contributed by atoms with Crippen LogP contribution in [0.25, 0.3) is 10.2 Å². The Kier molecular flexibility index (Phi) is 8.28. The number of hydrogen-bond donors (Lipinski definition) is 0. The van der Waals surface area contributed by atoms with Crippen molar-refractivity contribution in [3.63, 3.8) is 0 Å². The van der Waals surface area contributed by atoms with Crippen molar-refractivity contribution in [1.82, 2.24) is 9.88 Å². The molecule has 0 atom stereocenters. The van der Waals surface area contributed by atoms with Gasteiger partial charge < -0.3 is 19.1 Å². The summed E-state index contributed by atoms with van der Waals surface area (Å²) >= 11 is 1.40. The number of nitrogens with zero attached hydrogens (tertiary/aromatic N) is 3. The fourth-order valence-electron chi connectivity index (χ4n) is 2.94. The first-order valence-corrected chi connectivity index (χ1v) is 9.93. The smallest absolute Gasteiger partial charge is 0.263 e. The Labute approximate surface area is 186 Å². The highest BCUT2D eigenvalue weighted by molar-refractivity contribution is 7.22. The van der Waals surface area contributed by atoms with Crippen LogP contribution in [0.1, 0.15) is 10.4 Å². The molecule has 0 unspecified atom stereocenters. The summed E-state index contributed by atoms with van der Waals surface area (Å²) in [6.45, 7) is 1.17. The molecule has 7 nitrogen and oxygen atoms in total. The molecular weight excluding hydrogens is 426 g/mol. The predicted molar refractivity (Wildman–Crippen MR) is 123 cm³/mol. The van der Waals surface area contributed by atoms with Crippen molar-refractivity contribution in [3.8, 4) is 17.2 Å². The zero-order valence-corrected chi connectivity index (χ0v) is 19.3. The number of ether oxygens (including phenoxy) is 3. The molecule has 0 aliphatic carbocycles. The molecular formula is C21H26ClN3O4S. The standard InChI is InChI=1S/C21H25N3O4S.ClH/c1-23(2)12-13-24(20(25)14-8-6-7-9-15(14)26-3)21-22-18-16(27-4)10-11-17(28-5)19(18)29-21;/h6-11H,12-13H2,1-5H3;1H. The largest absolute Gasteiger partial charge is 0.496 e. The zero-order chi connectivity index (χ0) is 21.0. The van der Waals surface area contributed by atoms with Crippen LogP contribution in [0.15, 0.2) is 36.4 Å². The lowest BCUT2D eigenvalue weighted by Gasteiger charge is -2.22. The van der Waals surface area contributed by atoms with Crippen LogP contribution in [-0.4, -0.2) is 64.3 Å². The average molecular weight is 452 g/mol. The number of carbonyl (C=O) groups excluding carboxylic acids is 1. The first-order chi connectivity index (χ1) is 14.0. The van der Waals surface area contributed by atoms with E-state index >= 15 is 0 Å². The molecule has 0 radical (unpaired) electrons. The number of rotatable bonds is 8. The highest BCUT2D eigenvalue weighted by Gasteiger charge is 2.25. The van der Waals surface area contributed by atoms with E-state index in [0.29, 0.717) is 46.5 Å². The minimum atomic E-state index is -0.165. The molecule has 0 fully saturated rings. The summed E-state index contributed by atoms with van der Waals surface area (Å²) in [6, 6.07) is 10.9. The fourth-order valence-corrected chi connectivity index (χ4v) is 4.04. The lowest BCUT2D eigenvalue weighted by Crippen LogP contribution is -2.36. The van der Waals surface area contributed by atoms with E-state index in [1.54, 1.807) is 38.4 Å². The van der Waals surface area contributed by atoms with Gasteiger partial charge in [-0.2, -0.15) is 0 Å². The average Bonchev–Trinajstić information content (AvgIpc) is 3.17. The van der Waals surface area contributed by atoms with Crippen LogP contribution in [0.2, 0.25) is 0 Å². The summed E-state index contributed by atoms with van der Waals surface area (Å²) in [7, 11) is 8.71. The number of anilines is 1. The topological polar surface area (TPSA) is 64.1 Å². The summed E-state index contributed by atoms with van der Waals surface area (Å²) in [6.07, 6.45) is 0. The van der Waals surface area contributed by atoms with Gasteiger partial charge in [0.2, 0.25) is 0 Å². The molecule has 1 heterocycles. The van der Waals surface area contributed by atoms with E-state index in [9.17, 15) is 4.79 Å². The first kappa shape index (κ1) is 23.7. The molecule has 0 aliphatic heterocycles. The lowest BCUT2D eigenvalue weighted by molar-refractivity contribution is 0.0982. The second kappa shape index (κ2) is 10.5. The van der Waals surface area contributed by atoms with Crippen LogP contribution in [-0.2, 0) is 0 Å². The lowest BCUT2D eigenvalue weighted by atomic mass is 10.1. The normalized spacial score (nSPS) is 10.6. The van der Waals surface area contributed by atoms with E-state index < -0.39 is 0 Å². The Bertz CT molecular complexity index is 968. The van der Waals surface area contributed by atoms with Gasteiger partial charge >= 0.3 is 0 Å². The maximum Gasteiger partial charge on any atom is 0.263 e. The number of halogens is 1. The van der Waals surface area contributed by atoms with Gasteiger partial charge in [-0.3, -0.25) is 9.69 Å². The number of thiazole rings is 1. The van der Waals surface area contributed by atoms with Gasteiger partial charge in [0.15, 0.2) is 5.13 Å². The van der Waals surface area contributed by atoms with Crippen LogP contribution < -0.4 is 19.1 Å². The van der Waals surface area contributed by atoms with E-state index in [-0.39, 0.29) is 18.3 Å². The van der Waals surface area contributed by atoms with Crippen LogP contribution in [0.4, 0.5) is 5.13 Å². The Morgan fingerprint density at radius 3 is 2.20 bits per heavy atom. The van der Waals surface area contributed by atoms with Crippen molar-refractivity contribution in [1.29, 1.82) is 0 Å². The molecule has 1 aromatic heterocycles. The van der Waals surface area contributed by atoms with Crippen molar-refractivity contribution in [2.45, 2.75) is 0 Å². The molecule has 0 spiro atoms. The van der Waals surface area contributed by atoms with Gasteiger partial charge in [0, 0.05) is 13.1 Å². The van der Waals surface area contributed by atoms with Crippen LogP contribution in [0.5, 0.6) is 17.2 Å². The molecule has 9 heteroatoms. The van der Waals surface area contributed by atoms with Crippen LogP contribution in [0, 0.1) is 0 Å². The third-order valence-electron chi connectivity index (χ3n) is 4.48. The number of fused-ring (bicyclic) bond motifs is 1. The first-order valence-electron chi connectivity index (χ1n) is 9.11. The maximum atomic E-state index is 13.5. The SMILES string of the molecule is COc1ccccc1C(=O)N(CCN(C)C)c1nc2c(OC)ccc(OC)c2s1.Cl. The summed E-state index contributed by atoms with van der Waals surface area (Å²) in [4.78, 5) is 21.9. The molecule has 162 valence electrons. The van der Waals surface area contributed by atoms with E-state index in [2.05, 4.69) is 0 Å². The summed E-state index contributed by atoms with van der Waals surface area (Å²) in [5.41, 5.74) is 1.17. The minimum absolute atomic E-state index is 0. The van der Waals surface area contributed by atoms with Gasteiger partial charge in [0.1, 0.15) is 27.5 Å². The second-order valence-electron chi connectivity index (χ2n) is 6.60. The third kappa shape index (κ3) is 4.77. The molecule has 0 saturated heterocycles. The van der Waals surface area contributed by atoms with E-state index in [4.69, 9.17) is 19.2 Å². The number of aromatic nitrogens is 1. The number of benzene rings is 2. The Hall–Kier alpha value is -2.55. The monoisotopic (exact) mass is 451 g/mol. The molecule has 0 N–H and O–H groups in total. The Balaban J connectivity index is 0.00000320. The summed E-state index contributed by atoms with van der Waals surface area (Å²) < 4.78 is 17.2. The third-order valence-corrected chi connectivity index (χ3v) is 5.58. The molecule has 0 bridgehead atoms. The van der Waals surface area contributed by atoms with Crippen molar-refractivity contribution in [2.24, 2.45) is 0 Å². The minimum Gasteiger partial charge on any atom is -0.496 e. The molecule has 0 saturated carbocycles. The van der Waals surface area contributed by atoms with Gasteiger partial charge in [-0.15, -0.1) is 12.4 Å². The van der Waals surface area contributed by atoms with E-state index in [1.807, 2.05) is 43.3 Å². The highest BCUT2D eigenvalue weighted by atomic mass is 35.5. The Morgan fingerprint density at radius 1 is 0.933 bits per heavy atom. The zero-order valence-electron chi connectivity index (χ0n) is 17.7. The number of likely N-dealkylation sites (N-methyl/N-ethyl adjacent to an activating group) is 1. The Morgan fingerprint density at radius 2 is 1.57 bits per heavy atom. The summed E-state index contributed by atoms with van der Waals surface area (Å²) in [5, 5.41) is 0.584. The maximum absolute atomic E-state index is 13.5. The van der Waals surface area contributed by atoms with Crippen molar-refractivity contribution >= 4 is 45.0 Å². The van der Waals surface area contributed by atoms with Crippen LogP contribution >= 0.6 is 23.7 Å². The van der Waals surface area contributed by atoms with Crippen molar-refractivity contribution < 1.29 is 19.0 Å². The van der Waals surface area contributed by atoms with Gasteiger partial charge in [-0.05, 0) is 38.4 Å². The van der Waals surface area contributed by atoms with E-state index in [0.717, 1.165) is 4.70 Å². The molecule has 30 heavy (non-hydrogen) atoms. The van der Waals surface area contributed by atoms with Gasteiger partial charge in [0.05, 0.1) is 26.9 Å². The molecule has 3 aromatic rings. The van der Waals surface area contributed by atoms with E-state index in [1.165, 1.54) is 11.3 Å². The van der Waals surface area contributed by atoms with Crippen molar-refractivity contribution in [3.05, 3.63) is 42.0 Å². The number of para-hydroxylation sites is 1. The number of hydrogen-bond acceptors (Lipinski definition) is 7. The second-order valence-corrected chi connectivity index (χ2v) is 7.58. The predicted octanol–water partition coefficient (Wildman–Crippen LogP) is 3.95. The number of carbonyl (C=O) groups is 1. The fraction of sp³-hybridized carbons (Fsp3) is 0.333. The number of amides is 1. The van der Waals surface area contributed by atoms with Crippen LogP contribution in [0.3, 0.4) is 0 Å². The number of methoxy groups -OCH3 is 3. The summed E-state index contributed by atoms with van der Waals surface area (Å²) in [5.74, 6) is 1.70. The molecule has 2 aromatic carbocycles. The highest BCUT2D eigenvalue weighted by Crippen LogP contribution is 2.40. The van der Waals surface area contributed by atoms with Gasteiger partial charge in [-0.1, -0.05) is 23.5 Å². The quantitative estimate of drug-likeness (QED) is 0.516.